The van der Waals surface area contributed by atoms with Crippen molar-refractivity contribution >= 4 is 29.3 Å². The molecule has 1 aliphatic rings. The van der Waals surface area contributed by atoms with Crippen LogP contribution < -0.4 is 9.47 Å². The Balaban J connectivity index is 2.11. The monoisotopic (exact) mass is 454 g/mol. The van der Waals surface area contributed by atoms with Crippen LogP contribution in [0.5, 0.6) is 11.5 Å². The molecule has 172 valence electrons. The number of fused-ring (bicyclic) bond motifs is 1. The molecule has 0 bridgehead atoms. The lowest BCUT2D eigenvalue weighted by molar-refractivity contribution is -0.143. The van der Waals surface area contributed by atoms with E-state index in [0.29, 0.717) is 5.56 Å². The highest BCUT2D eigenvalue weighted by atomic mass is 16.6. The van der Waals surface area contributed by atoms with Crippen molar-refractivity contribution in [3.8, 4) is 11.5 Å². The van der Waals surface area contributed by atoms with E-state index < -0.39 is 29.4 Å². The van der Waals surface area contributed by atoms with E-state index in [4.69, 9.17) is 14.2 Å². The van der Waals surface area contributed by atoms with E-state index in [1.807, 2.05) is 0 Å². The molecule has 0 unspecified atom stereocenters. The van der Waals surface area contributed by atoms with Crippen LogP contribution in [-0.2, 0) is 23.9 Å². The van der Waals surface area contributed by atoms with Crippen molar-refractivity contribution < 1.29 is 43.2 Å². The molecule has 3 rings (SSSR count). The zero-order valence-electron chi connectivity index (χ0n) is 18.2. The van der Waals surface area contributed by atoms with Gasteiger partial charge < -0.3 is 24.1 Å². The van der Waals surface area contributed by atoms with Crippen LogP contribution in [0.4, 0.5) is 0 Å². The average Bonchev–Trinajstić information content (AvgIpc) is 2.85. The normalized spacial score (nSPS) is 13.8. The van der Waals surface area contributed by atoms with Gasteiger partial charge in [-0.25, -0.2) is 4.79 Å². The van der Waals surface area contributed by atoms with Gasteiger partial charge in [-0.1, -0.05) is 30.3 Å². The summed E-state index contributed by atoms with van der Waals surface area (Å²) >= 11 is 0. The maximum Gasteiger partial charge on any atom is 0.343 e. The number of esters is 2. The van der Waals surface area contributed by atoms with Gasteiger partial charge in [0, 0.05) is 17.0 Å². The quantitative estimate of drug-likeness (QED) is 0.473. The summed E-state index contributed by atoms with van der Waals surface area (Å²) in [6, 6.07) is 10.7. The Labute approximate surface area is 189 Å². The number of benzene rings is 2. The van der Waals surface area contributed by atoms with Crippen molar-refractivity contribution in [2.24, 2.45) is 0 Å². The molecular formula is C24H22O9. The number of rotatable bonds is 8. The second-order valence-electron chi connectivity index (χ2n) is 7.07. The summed E-state index contributed by atoms with van der Waals surface area (Å²) < 4.78 is 20.0. The zero-order chi connectivity index (χ0) is 24.1. The number of ether oxygens (including phenoxy) is 4. The molecule has 2 aromatic rings. The molecule has 33 heavy (non-hydrogen) atoms. The third kappa shape index (κ3) is 4.72. The lowest BCUT2D eigenvalue weighted by Gasteiger charge is -2.25. The van der Waals surface area contributed by atoms with Crippen molar-refractivity contribution in [3.05, 3.63) is 64.7 Å². The van der Waals surface area contributed by atoms with Crippen LogP contribution in [0.1, 0.15) is 33.8 Å². The van der Waals surface area contributed by atoms with Gasteiger partial charge in [0.1, 0.15) is 5.76 Å². The van der Waals surface area contributed by atoms with Gasteiger partial charge in [0.15, 0.2) is 18.1 Å². The summed E-state index contributed by atoms with van der Waals surface area (Å²) in [4.78, 5) is 49.3. The van der Waals surface area contributed by atoms with Gasteiger partial charge in [-0.05, 0) is 17.7 Å². The molecule has 1 atom stereocenters. The van der Waals surface area contributed by atoms with E-state index in [1.54, 1.807) is 18.2 Å². The standard InChI is InChI=1S/C24H22O9/c1-30-18-10-13(8-9-17(18)33-12-20(26)32-3)16(11-19(25)31-2)21-22(27)14-6-4-5-7-15(14)23(28)24(21)29/h4-10,16,27H,11-12H2,1-3H3/t16-/m0/s1. The molecule has 0 saturated carbocycles. The van der Waals surface area contributed by atoms with Crippen LogP contribution in [0.25, 0.3) is 5.76 Å². The van der Waals surface area contributed by atoms with E-state index in [1.165, 1.54) is 45.6 Å². The Morgan fingerprint density at radius 2 is 1.55 bits per heavy atom. The number of Topliss-reactive ketones (excluding diaryl/α,β-unsaturated/α-hetero) is 2. The van der Waals surface area contributed by atoms with Gasteiger partial charge in [0.25, 0.3) is 0 Å². The van der Waals surface area contributed by atoms with Gasteiger partial charge in [0.2, 0.25) is 11.6 Å². The largest absolute Gasteiger partial charge is 0.507 e. The lowest BCUT2D eigenvalue weighted by Crippen LogP contribution is -2.28. The molecule has 0 heterocycles. The second kappa shape index (κ2) is 9.99. The number of aliphatic hydroxyl groups is 1. The van der Waals surface area contributed by atoms with E-state index in [0.717, 1.165) is 0 Å². The zero-order valence-corrected chi connectivity index (χ0v) is 18.2. The van der Waals surface area contributed by atoms with E-state index in [9.17, 15) is 24.3 Å². The molecule has 0 radical (unpaired) electrons. The highest BCUT2D eigenvalue weighted by Gasteiger charge is 2.38. The summed E-state index contributed by atoms with van der Waals surface area (Å²) in [5.74, 6) is -3.89. The van der Waals surface area contributed by atoms with E-state index in [2.05, 4.69) is 4.74 Å². The van der Waals surface area contributed by atoms with Crippen LogP contribution in [0.15, 0.2) is 48.0 Å². The molecule has 0 fully saturated rings. The Hall–Kier alpha value is -4.14. The second-order valence-corrected chi connectivity index (χ2v) is 7.07. The molecule has 1 aliphatic carbocycles. The first-order valence-electron chi connectivity index (χ1n) is 9.88. The number of ketones is 2. The molecule has 0 amide bonds. The highest BCUT2D eigenvalue weighted by molar-refractivity contribution is 6.52. The van der Waals surface area contributed by atoms with Crippen molar-refractivity contribution in [2.45, 2.75) is 12.3 Å². The minimum atomic E-state index is -1.01. The number of hydrogen-bond acceptors (Lipinski definition) is 9. The average molecular weight is 454 g/mol. The fourth-order valence-corrected chi connectivity index (χ4v) is 3.56. The molecule has 0 aromatic heterocycles. The summed E-state index contributed by atoms with van der Waals surface area (Å²) in [7, 11) is 3.80. The number of allylic oxidation sites excluding steroid dienone is 1. The smallest absolute Gasteiger partial charge is 0.343 e. The van der Waals surface area contributed by atoms with Crippen molar-refractivity contribution in [1.82, 2.24) is 0 Å². The minimum absolute atomic E-state index is 0.0877. The SMILES string of the molecule is COC(=O)COc1ccc([C@H](CC(=O)OC)C2=C(O)c3ccccc3C(=O)C2=O)cc1OC. The fraction of sp³-hybridized carbons (Fsp3) is 0.250. The van der Waals surface area contributed by atoms with E-state index in [-0.39, 0.29) is 47.0 Å². The fourth-order valence-electron chi connectivity index (χ4n) is 3.56. The Kier molecular flexibility index (Phi) is 7.12. The van der Waals surface area contributed by atoms with Gasteiger partial charge in [-0.15, -0.1) is 0 Å². The number of hydrogen-bond donors (Lipinski definition) is 1. The number of methoxy groups -OCH3 is 3. The first kappa shape index (κ1) is 23.5. The summed E-state index contributed by atoms with van der Waals surface area (Å²) in [5.41, 5.74) is 0.473. The molecule has 9 nitrogen and oxygen atoms in total. The topological polar surface area (TPSA) is 125 Å². The van der Waals surface area contributed by atoms with Crippen LogP contribution >= 0.6 is 0 Å². The minimum Gasteiger partial charge on any atom is -0.507 e. The predicted octanol–water partition coefficient (Wildman–Crippen LogP) is 2.63. The summed E-state index contributed by atoms with van der Waals surface area (Å²) in [6.07, 6.45) is -0.317. The third-order valence-corrected chi connectivity index (χ3v) is 5.24. The first-order chi connectivity index (χ1) is 15.8. The van der Waals surface area contributed by atoms with Crippen LogP contribution in [-0.4, -0.2) is 56.5 Å². The van der Waals surface area contributed by atoms with Crippen molar-refractivity contribution in [3.63, 3.8) is 0 Å². The third-order valence-electron chi connectivity index (χ3n) is 5.24. The number of aliphatic hydroxyl groups excluding tert-OH is 1. The first-order valence-corrected chi connectivity index (χ1v) is 9.88. The Morgan fingerprint density at radius 3 is 2.18 bits per heavy atom. The van der Waals surface area contributed by atoms with Gasteiger partial charge in [-0.2, -0.15) is 0 Å². The number of carbonyl (C=O) groups is 4. The van der Waals surface area contributed by atoms with Crippen LogP contribution in [0.2, 0.25) is 0 Å². The van der Waals surface area contributed by atoms with E-state index >= 15 is 0 Å². The Morgan fingerprint density at radius 1 is 0.879 bits per heavy atom. The molecule has 0 saturated heterocycles. The molecule has 0 spiro atoms. The maximum atomic E-state index is 13.0. The highest BCUT2D eigenvalue weighted by Crippen LogP contribution is 2.40. The molecule has 1 N–H and O–H groups in total. The maximum absolute atomic E-state index is 13.0. The molecular weight excluding hydrogens is 432 g/mol. The number of carbonyl (C=O) groups excluding carboxylic acids is 4. The van der Waals surface area contributed by atoms with Crippen LogP contribution in [0, 0.1) is 0 Å². The molecule has 2 aromatic carbocycles. The van der Waals surface area contributed by atoms with Gasteiger partial charge in [-0.3, -0.25) is 14.4 Å². The Bertz CT molecular complexity index is 1150. The predicted molar refractivity (Wildman–Crippen MR) is 115 cm³/mol. The summed E-state index contributed by atoms with van der Waals surface area (Å²) in [6.45, 7) is -0.354. The van der Waals surface area contributed by atoms with Crippen LogP contribution in [0.3, 0.4) is 0 Å². The van der Waals surface area contributed by atoms with Gasteiger partial charge in [0.05, 0.1) is 33.3 Å². The molecule has 9 heteroatoms. The van der Waals surface area contributed by atoms with Gasteiger partial charge >= 0.3 is 11.9 Å². The van der Waals surface area contributed by atoms with Crippen molar-refractivity contribution in [1.29, 1.82) is 0 Å². The summed E-state index contributed by atoms with van der Waals surface area (Å²) in [5, 5.41) is 10.9. The molecule has 0 aliphatic heterocycles. The lowest BCUT2D eigenvalue weighted by atomic mass is 9.78. The van der Waals surface area contributed by atoms with Crippen molar-refractivity contribution in [2.75, 3.05) is 27.9 Å².